The van der Waals surface area contributed by atoms with Gasteiger partial charge in [-0.15, -0.1) is 0 Å². The number of carbonyl (C=O) groups excluding carboxylic acids is 2. The van der Waals surface area contributed by atoms with Crippen LogP contribution in [0.5, 0.6) is 5.75 Å². The predicted octanol–water partition coefficient (Wildman–Crippen LogP) is 4.20. The summed E-state index contributed by atoms with van der Waals surface area (Å²) in [6.45, 7) is 5.68. The largest absolute Gasteiger partial charge is 0.497 e. The molecule has 2 aromatic carbocycles. The van der Waals surface area contributed by atoms with E-state index in [1.54, 1.807) is 47.9 Å². The minimum Gasteiger partial charge on any atom is -0.497 e. The molecular formula is C27H25N3O4. The molecule has 4 rings (SSSR count). The van der Waals surface area contributed by atoms with Gasteiger partial charge in [0.15, 0.2) is 5.78 Å². The Morgan fingerprint density at radius 2 is 1.71 bits per heavy atom. The molecule has 1 amide bonds. The number of rotatable bonds is 6. The molecular weight excluding hydrogens is 430 g/mol. The first-order chi connectivity index (χ1) is 16.3. The fourth-order valence-electron chi connectivity index (χ4n) is 3.71. The molecule has 0 saturated carbocycles. The van der Waals surface area contributed by atoms with E-state index in [2.05, 4.69) is 10.3 Å². The first-order valence-corrected chi connectivity index (χ1v) is 10.8. The van der Waals surface area contributed by atoms with E-state index in [1.165, 1.54) is 13.3 Å². The van der Waals surface area contributed by atoms with Gasteiger partial charge in [0, 0.05) is 23.1 Å². The summed E-state index contributed by atoms with van der Waals surface area (Å²) >= 11 is 0. The monoisotopic (exact) mass is 455 g/mol. The van der Waals surface area contributed by atoms with E-state index in [0.29, 0.717) is 28.3 Å². The standard InChI is InChI=1S/C27H25N3O4/c1-16-5-9-20(13-17(16)2)29-24(31)15-30-14-23(25(32)19-7-10-21(34-4)11-8-19)26(33)22-12-6-18(3)28-27(22)30/h5-14H,15H2,1-4H3,(H,29,31). The molecule has 0 aliphatic rings. The number of anilines is 1. The van der Waals surface area contributed by atoms with Crippen LogP contribution in [0.3, 0.4) is 0 Å². The van der Waals surface area contributed by atoms with Crippen LogP contribution in [0, 0.1) is 20.8 Å². The van der Waals surface area contributed by atoms with Gasteiger partial charge in [-0.3, -0.25) is 14.4 Å². The third-order valence-electron chi connectivity index (χ3n) is 5.76. The molecule has 7 heteroatoms. The van der Waals surface area contributed by atoms with Crippen LogP contribution < -0.4 is 15.5 Å². The lowest BCUT2D eigenvalue weighted by atomic mass is 10.0. The second kappa shape index (κ2) is 9.31. The molecule has 0 radical (unpaired) electrons. The lowest BCUT2D eigenvalue weighted by Crippen LogP contribution is -2.25. The van der Waals surface area contributed by atoms with E-state index in [4.69, 9.17) is 4.74 Å². The van der Waals surface area contributed by atoms with Gasteiger partial charge in [0.1, 0.15) is 17.9 Å². The van der Waals surface area contributed by atoms with E-state index >= 15 is 0 Å². The van der Waals surface area contributed by atoms with Crippen molar-refractivity contribution >= 4 is 28.4 Å². The Labute approximate surface area is 197 Å². The van der Waals surface area contributed by atoms with Crippen LogP contribution >= 0.6 is 0 Å². The Kier molecular flexibility index (Phi) is 6.27. The highest BCUT2D eigenvalue weighted by Gasteiger charge is 2.19. The molecule has 2 aromatic heterocycles. The molecule has 34 heavy (non-hydrogen) atoms. The highest BCUT2D eigenvalue weighted by atomic mass is 16.5. The van der Waals surface area contributed by atoms with Crippen molar-refractivity contribution in [2.24, 2.45) is 0 Å². The maximum atomic E-state index is 13.2. The topological polar surface area (TPSA) is 90.3 Å². The normalized spacial score (nSPS) is 10.8. The molecule has 0 spiro atoms. The summed E-state index contributed by atoms with van der Waals surface area (Å²) in [5, 5.41) is 3.16. The summed E-state index contributed by atoms with van der Waals surface area (Å²) in [6, 6.07) is 15.6. The predicted molar refractivity (Wildman–Crippen MR) is 132 cm³/mol. The van der Waals surface area contributed by atoms with E-state index in [1.807, 2.05) is 32.0 Å². The third kappa shape index (κ3) is 4.59. The number of fused-ring (bicyclic) bond motifs is 1. The molecule has 2 heterocycles. The number of aromatic nitrogens is 2. The van der Waals surface area contributed by atoms with E-state index in [9.17, 15) is 14.4 Å². The zero-order chi connectivity index (χ0) is 24.4. The minimum absolute atomic E-state index is 0.0256. The van der Waals surface area contributed by atoms with Crippen LogP contribution in [0.25, 0.3) is 11.0 Å². The highest BCUT2D eigenvalue weighted by Crippen LogP contribution is 2.18. The number of ketones is 1. The number of pyridine rings is 2. The van der Waals surface area contributed by atoms with Crippen molar-refractivity contribution in [2.45, 2.75) is 27.3 Å². The summed E-state index contributed by atoms with van der Waals surface area (Å²) in [6.07, 6.45) is 1.42. The Balaban J connectivity index is 1.74. The van der Waals surface area contributed by atoms with Crippen LogP contribution in [0.1, 0.15) is 32.7 Å². The highest BCUT2D eigenvalue weighted by molar-refractivity contribution is 6.10. The molecule has 0 atom stereocenters. The number of hydrogen-bond donors (Lipinski definition) is 1. The molecule has 0 fully saturated rings. The Bertz CT molecular complexity index is 1470. The van der Waals surface area contributed by atoms with Gasteiger partial charge in [-0.1, -0.05) is 6.07 Å². The van der Waals surface area contributed by atoms with Crippen molar-refractivity contribution in [3.63, 3.8) is 0 Å². The first kappa shape index (κ1) is 22.9. The van der Waals surface area contributed by atoms with Gasteiger partial charge in [-0.05, 0) is 80.4 Å². The lowest BCUT2D eigenvalue weighted by Gasteiger charge is -2.14. The molecule has 0 aliphatic heterocycles. The van der Waals surface area contributed by atoms with Crippen molar-refractivity contribution < 1.29 is 14.3 Å². The lowest BCUT2D eigenvalue weighted by molar-refractivity contribution is -0.116. The number of nitrogens with one attached hydrogen (secondary N) is 1. The quantitative estimate of drug-likeness (QED) is 0.440. The first-order valence-electron chi connectivity index (χ1n) is 10.8. The van der Waals surface area contributed by atoms with Gasteiger partial charge in [0.25, 0.3) is 0 Å². The molecule has 0 bridgehead atoms. The summed E-state index contributed by atoms with van der Waals surface area (Å²) in [7, 11) is 1.54. The molecule has 0 aliphatic carbocycles. The van der Waals surface area contributed by atoms with Crippen molar-refractivity contribution in [1.82, 2.24) is 9.55 Å². The molecule has 1 N–H and O–H groups in total. The number of carbonyl (C=O) groups is 2. The average Bonchev–Trinajstić information content (AvgIpc) is 2.82. The van der Waals surface area contributed by atoms with Crippen molar-refractivity contribution in [2.75, 3.05) is 12.4 Å². The van der Waals surface area contributed by atoms with Crippen LogP contribution in [0.2, 0.25) is 0 Å². The van der Waals surface area contributed by atoms with Gasteiger partial charge in [0.2, 0.25) is 11.3 Å². The maximum Gasteiger partial charge on any atom is 0.244 e. The van der Waals surface area contributed by atoms with Crippen molar-refractivity contribution in [3.8, 4) is 5.75 Å². The summed E-state index contributed by atoms with van der Waals surface area (Å²) < 4.78 is 6.70. The number of amides is 1. The number of aryl methyl sites for hydroxylation is 3. The van der Waals surface area contributed by atoms with Gasteiger partial charge in [-0.2, -0.15) is 0 Å². The second-order valence-electron chi connectivity index (χ2n) is 8.23. The van der Waals surface area contributed by atoms with Gasteiger partial charge < -0.3 is 14.6 Å². The van der Waals surface area contributed by atoms with Gasteiger partial charge >= 0.3 is 0 Å². The number of ether oxygens (including phenoxy) is 1. The van der Waals surface area contributed by atoms with Crippen LogP contribution in [-0.2, 0) is 11.3 Å². The van der Waals surface area contributed by atoms with Crippen LogP contribution in [0.15, 0.2) is 65.6 Å². The fourth-order valence-corrected chi connectivity index (χ4v) is 3.71. The van der Waals surface area contributed by atoms with E-state index < -0.39 is 11.2 Å². The average molecular weight is 456 g/mol. The zero-order valence-electron chi connectivity index (χ0n) is 19.5. The van der Waals surface area contributed by atoms with E-state index in [0.717, 1.165) is 11.1 Å². The molecule has 0 saturated heterocycles. The summed E-state index contributed by atoms with van der Waals surface area (Å²) in [4.78, 5) is 43.7. The number of methoxy groups -OCH3 is 1. The molecule has 0 unspecified atom stereocenters. The second-order valence-corrected chi connectivity index (χ2v) is 8.23. The smallest absolute Gasteiger partial charge is 0.244 e. The SMILES string of the molecule is COc1ccc(C(=O)c2cn(CC(=O)Nc3ccc(C)c(C)c3)c3nc(C)ccc3c2=O)cc1. The van der Waals surface area contributed by atoms with Gasteiger partial charge in [0.05, 0.1) is 18.1 Å². The Hall–Kier alpha value is -4.26. The third-order valence-corrected chi connectivity index (χ3v) is 5.76. The number of hydrogen-bond acceptors (Lipinski definition) is 5. The van der Waals surface area contributed by atoms with Crippen molar-refractivity contribution in [1.29, 1.82) is 0 Å². The summed E-state index contributed by atoms with van der Waals surface area (Å²) in [5.41, 5.74) is 3.83. The van der Waals surface area contributed by atoms with Crippen LogP contribution in [-0.4, -0.2) is 28.4 Å². The van der Waals surface area contributed by atoms with E-state index in [-0.39, 0.29) is 23.4 Å². The Morgan fingerprint density at radius 3 is 2.38 bits per heavy atom. The molecule has 4 aromatic rings. The molecule has 7 nitrogen and oxygen atoms in total. The summed E-state index contributed by atoms with van der Waals surface area (Å²) in [5.74, 6) is -0.118. The fraction of sp³-hybridized carbons (Fsp3) is 0.185. The zero-order valence-corrected chi connectivity index (χ0v) is 19.5. The number of nitrogens with zero attached hydrogens (tertiary/aromatic N) is 2. The van der Waals surface area contributed by atoms with Crippen LogP contribution in [0.4, 0.5) is 5.69 Å². The van der Waals surface area contributed by atoms with Crippen molar-refractivity contribution in [3.05, 3.63) is 99.0 Å². The number of benzene rings is 2. The Morgan fingerprint density at radius 1 is 0.971 bits per heavy atom. The minimum atomic E-state index is -0.432. The van der Waals surface area contributed by atoms with Gasteiger partial charge in [-0.25, -0.2) is 4.98 Å². The molecule has 172 valence electrons. The maximum absolute atomic E-state index is 13.2.